The summed E-state index contributed by atoms with van der Waals surface area (Å²) in [5.74, 6) is -9.76. The molecule has 0 spiro atoms. The van der Waals surface area contributed by atoms with Gasteiger partial charge in [0.15, 0.2) is 5.96 Å². The largest absolute Gasteiger partial charge is 0.481 e. The fourth-order valence-corrected chi connectivity index (χ4v) is 7.76. The Kier molecular flexibility index (Phi) is 19.6. The lowest BCUT2D eigenvalue weighted by molar-refractivity contribution is -0.149. The van der Waals surface area contributed by atoms with Crippen LogP contribution in [0.3, 0.4) is 0 Å². The Morgan fingerprint density at radius 3 is 1.66 bits per heavy atom. The second-order valence-electron chi connectivity index (χ2n) is 16.1. The lowest BCUT2D eigenvalue weighted by Crippen LogP contribution is -2.62. The molecule has 0 saturated carbocycles. The summed E-state index contributed by atoms with van der Waals surface area (Å²) in [4.78, 5) is 138. The summed E-state index contributed by atoms with van der Waals surface area (Å²) in [7, 11) is 0. The molecule has 3 saturated heterocycles. The van der Waals surface area contributed by atoms with Crippen LogP contribution in [0, 0.1) is 0 Å². The Morgan fingerprint density at radius 2 is 1.16 bits per heavy atom. The van der Waals surface area contributed by atoms with Gasteiger partial charge in [0.05, 0.1) is 19.1 Å². The molecule has 8 amide bonds. The number of carbonyl (C=O) groups is 10. The molecule has 0 unspecified atom stereocenters. The van der Waals surface area contributed by atoms with Crippen molar-refractivity contribution >= 4 is 65.2 Å². The molecule has 0 bridgehead atoms. The van der Waals surface area contributed by atoms with Gasteiger partial charge in [-0.2, -0.15) is 0 Å². The molecule has 10 atom stereocenters. The maximum absolute atomic E-state index is 14.2. The van der Waals surface area contributed by atoms with Crippen LogP contribution in [-0.4, -0.2) is 194 Å². The topological polar surface area (TPSA) is 412 Å². The van der Waals surface area contributed by atoms with Crippen molar-refractivity contribution in [2.24, 2.45) is 22.2 Å². The van der Waals surface area contributed by atoms with Gasteiger partial charge in [0, 0.05) is 26.2 Å². The minimum absolute atomic E-state index is 0.0158. The summed E-state index contributed by atoms with van der Waals surface area (Å²) in [5, 5.41) is 50.9. The molecular formula is C38H62N12O14. The first-order valence-electron chi connectivity index (χ1n) is 21.1. The van der Waals surface area contributed by atoms with Gasteiger partial charge >= 0.3 is 11.9 Å². The van der Waals surface area contributed by atoms with Gasteiger partial charge in [-0.1, -0.05) is 0 Å². The van der Waals surface area contributed by atoms with Crippen LogP contribution in [0.1, 0.15) is 78.6 Å². The Hall–Kier alpha value is -6.15. The number of amides is 8. The number of aliphatic hydroxyl groups is 2. The number of hydrogen-bond donors (Lipinski definition) is 12. The molecule has 3 rings (SSSR count). The van der Waals surface area contributed by atoms with Crippen LogP contribution in [0.5, 0.6) is 0 Å². The van der Waals surface area contributed by atoms with Crippen LogP contribution < -0.4 is 43.8 Å². The number of likely N-dealkylation sites (tertiary alicyclic amines) is 3. The lowest BCUT2D eigenvalue weighted by Gasteiger charge is -2.31. The first-order chi connectivity index (χ1) is 30.1. The van der Waals surface area contributed by atoms with Gasteiger partial charge in [-0.15, -0.1) is 0 Å². The number of aliphatic imine (C=N–C) groups is 1. The van der Waals surface area contributed by atoms with Gasteiger partial charge in [-0.05, 0) is 72.1 Å². The highest BCUT2D eigenvalue weighted by atomic mass is 16.4. The van der Waals surface area contributed by atoms with E-state index < -0.39 is 133 Å². The summed E-state index contributed by atoms with van der Waals surface area (Å²) in [5.41, 5.74) is 16.4. The zero-order valence-corrected chi connectivity index (χ0v) is 36.1. The molecule has 0 aromatic rings. The highest BCUT2D eigenvalue weighted by molar-refractivity contribution is 5.99. The van der Waals surface area contributed by atoms with Gasteiger partial charge in [-0.25, -0.2) is 4.79 Å². The summed E-state index contributed by atoms with van der Waals surface area (Å²) in [6.45, 7) is 3.53. The standard InChI is InChI=1S/C38H62N12O14/c1-18(43-29(55)21(39)17-51)34(60)48-13-5-10-25(48)32(58)46-23(16-27(53)54)30(56)47-28(20(3)52)33(59)45-22(8-4-12-42-38(40)41)36(62)49-14-6-9-24(49)31(57)44-19(2)35(61)50-15-7-11-26(50)37(63)64/h18-26,28,51-52H,4-17,39H2,1-3H3,(H,43,55)(H,44,57)(H,45,59)(H,46,58)(H,47,56)(H,53,54)(H,63,64)(H4,40,41,42)/t18-,19-,20+,21-,22-,23-,24-,25-,26-,28-/m0/s1. The third kappa shape index (κ3) is 14.2. The predicted octanol–water partition coefficient (Wildman–Crippen LogP) is -6.26. The Morgan fingerprint density at radius 1 is 0.656 bits per heavy atom. The molecule has 64 heavy (non-hydrogen) atoms. The third-order valence-electron chi connectivity index (χ3n) is 11.1. The van der Waals surface area contributed by atoms with Gasteiger partial charge in [0.2, 0.25) is 47.3 Å². The number of nitrogens with two attached hydrogens (primary N) is 3. The van der Waals surface area contributed by atoms with Crippen molar-refractivity contribution in [1.29, 1.82) is 0 Å². The van der Waals surface area contributed by atoms with Crippen LogP contribution in [0.2, 0.25) is 0 Å². The molecule has 358 valence electrons. The quantitative estimate of drug-likeness (QED) is 0.0273. The Labute approximate surface area is 368 Å². The number of rotatable bonds is 22. The normalized spacial score (nSPS) is 21.5. The predicted molar refractivity (Wildman–Crippen MR) is 222 cm³/mol. The summed E-state index contributed by atoms with van der Waals surface area (Å²) in [6, 6.07) is -12.0. The Balaban J connectivity index is 1.77. The van der Waals surface area contributed by atoms with E-state index in [-0.39, 0.29) is 64.2 Å². The number of aliphatic carboxylic acids is 2. The van der Waals surface area contributed by atoms with Crippen LogP contribution in [0.15, 0.2) is 4.99 Å². The third-order valence-corrected chi connectivity index (χ3v) is 11.1. The average molecular weight is 911 g/mol. The fraction of sp³-hybridized carbons (Fsp3) is 0.711. The molecule has 0 aliphatic carbocycles. The smallest absolute Gasteiger partial charge is 0.326 e. The van der Waals surface area contributed by atoms with Crippen molar-refractivity contribution in [3.8, 4) is 0 Å². The summed E-state index contributed by atoms with van der Waals surface area (Å²) >= 11 is 0. The van der Waals surface area contributed by atoms with E-state index in [0.717, 1.165) is 11.8 Å². The molecule has 15 N–H and O–H groups in total. The van der Waals surface area contributed by atoms with Crippen molar-refractivity contribution < 1.29 is 68.4 Å². The highest BCUT2D eigenvalue weighted by Crippen LogP contribution is 2.23. The zero-order chi connectivity index (χ0) is 48.0. The van der Waals surface area contributed by atoms with E-state index in [1.165, 1.54) is 23.6 Å². The van der Waals surface area contributed by atoms with Crippen molar-refractivity contribution in [2.75, 3.05) is 32.8 Å². The Bertz CT molecular complexity index is 1790. The van der Waals surface area contributed by atoms with Crippen molar-refractivity contribution in [3.63, 3.8) is 0 Å². The van der Waals surface area contributed by atoms with E-state index in [2.05, 4.69) is 31.6 Å². The zero-order valence-electron chi connectivity index (χ0n) is 36.1. The maximum atomic E-state index is 14.2. The van der Waals surface area contributed by atoms with Crippen molar-refractivity contribution in [2.45, 2.75) is 139 Å². The van der Waals surface area contributed by atoms with Crippen LogP contribution >= 0.6 is 0 Å². The molecule has 3 heterocycles. The number of aliphatic hydroxyl groups excluding tert-OH is 2. The molecular weight excluding hydrogens is 848 g/mol. The van der Waals surface area contributed by atoms with Crippen LogP contribution in [0.4, 0.5) is 0 Å². The number of nitrogens with zero attached hydrogens (tertiary/aromatic N) is 4. The van der Waals surface area contributed by atoms with E-state index in [1.54, 1.807) is 0 Å². The van der Waals surface area contributed by atoms with Gasteiger partial charge < -0.3 is 78.9 Å². The van der Waals surface area contributed by atoms with E-state index in [9.17, 15) is 63.3 Å². The number of carboxylic acids is 2. The number of carboxylic acid groups (broad SMARTS) is 2. The highest BCUT2D eigenvalue weighted by Gasteiger charge is 2.43. The summed E-state index contributed by atoms with van der Waals surface area (Å²) in [6.07, 6.45) is -0.940. The molecule has 26 heteroatoms. The van der Waals surface area contributed by atoms with E-state index in [0.29, 0.717) is 19.3 Å². The molecule has 0 radical (unpaired) electrons. The molecule has 3 fully saturated rings. The monoisotopic (exact) mass is 910 g/mol. The molecule has 3 aliphatic heterocycles. The van der Waals surface area contributed by atoms with E-state index >= 15 is 0 Å². The van der Waals surface area contributed by atoms with E-state index in [1.807, 2.05) is 0 Å². The van der Waals surface area contributed by atoms with Gasteiger partial charge in [0.1, 0.15) is 54.4 Å². The molecule has 3 aliphatic rings. The van der Waals surface area contributed by atoms with Crippen molar-refractivity contribution in [1.82, 2.24) is 41.3 Å². The van der Waals surface area contributed by atoms with E-state index in [4.69, 9.17) is 22.3 Å². The minimum atomic E-state index is -1.84. The SMILES string of the molecule is C[C@H](NC(=O)[C@@H]1CCCN1C(=O)[C@H](CCCN=C(N)N)NC(=O)[C@@H](NC(=O)[C@H](CC(=O)O)NC(=O)[C@@H]1CCCN1C(=O)[C@H](C)NC(=O)[C@@H](N)CO)[C@@H](C)O)C(=O)N1CCC[C@H]1C(=O)O. The minimum Gasteiger partial charge on any atom is -0.481 e. The lowest BCUT2D eigenvalue weighted by atomic mass is 10.1. The number of carbonyl (C=O) groups excluding carboxylic acids is 8. The molecule has 0 aromatic heterocycles. The second-order valence-corrected chi connectivity index (χ2v) is 16.1. The number of nitrogens with one attached hydrogen (secondary N) is 5. The molecule has 0 aromatic carbocycles. The number of guanidine groups is 1. The van der Waals surface area contributed by atoms with Crippen LogP contribution in [0.25, 0.3) is 0 Å². The first-order valence-corrected chi connectivity index (χ1v) is 21.1. The number of hydrogen-bond acceptors (Lipinski definition) is 14. The van der Waals surface area contributed by atoms with Crippen LogP contribution in [-0.2, 0) is 47.9 Å². The van der Waals surface area contributed by atoms with Gasteiger partial charge in [-0.3, -0.25) is 48.1 Å². The maximum Gasteiger partial charge on any atom is 0.326 e. The van der Waals surface area contributed by atoms with Gasteiger partial charge in [0.25, 0.3) is 0 Å². The fourth-order valence-electron chi connectivity index (χ4n) is 7.76. The molecule has 26 nitrogen and oxygen atoms in total. The summed E-state index contributed by atoms with van der Waals surface area (Å²) < 4.78 is 0. The van der Waals surface area contributed by atoms with Crippen molar-refractivity contribution in [3.05, 3.63) is 0 Å². The second kappa shape index (κ2) is 24.1. The average Bonchev–Trinajstić information content (AvgIpc) is 4.04. The first kappa shape index (κ1) is 52.2.